The van der Waals surface area contributed by atoms with Crippen LogP contribution in [-0.4, -0.2) is 43.4 Å². The van der Waals surface area contributed by atoms with Crippen molar-refractivity contribution in [3.05, 3.63) is 29.3 Å². The summed E-state index contributed by atoms with van der Waals surface area (Å²) in [4.78, 5) is 15.9. The Morgan fingerprint density at radius 1 is 1.21 bits per heavy atom. The molecule has 2 heterocycles. The van der Waals surface area contributed by atoms with Gasteiger partial charge in [-0.2, -0.15) is 0 Å². The van der Waals surface area contributed by atoms with E-state index < -0.39 is 0 Å². The Bertz CT molecular complexity index is 486. The number of aryl methyl sites for hydroxylation is 1. The van der Waals surface area contributed by atoms with Crippen LogP contribution in [0, 0.1) is 6.92 Å². The average molecular weight is 258 g/mol. The van der Waals surface area contributed by atoms with Crippen molar-refractivity contribution >= 4 is 12.0 Å². The maximum Gasteiger partial charge on any atom is 0.150 e. The Hall–Kier alpha value is -1.35. The molecule has 0 spiro atoms. The quantitative estimate of drug-likeness (QED) is 0.761. The van der Waals surface area contributed by atoms with Gasteiger partial charge in [0.05, 0.1) is 0 Å². The molecule has 0 radical (unpaired) electrons. The molecule has 19 heavy (non-hydrogen) atoms. The highest BCUT2D eigenvalue weighted by Gasteiger charge is 2.34. The largest absolute Gasteiger partial charge is 0.370 e. The Labute approximate surface area is 115 Å². The number of rotatable bonds is 2. The van der Waals surface area contributed by atoms with Crippen molar-refractivity contribution in [2.75, 3.05) is 25.0 Å². The van der Waals surface area contributed by atoms with Crippen LogP contribution in [0.25, 0.3) is 0 Å². The SMILES string of the molecule is Cc1cc(N2CCC3CCC(C2)N3C)ccc1C=O. The summed E-state index contributed by atoms with van der Waals surface area (Å²) in [5.74, 6) is 0. The van der Waals surface area contributed by atoms with Crippen LogP contribution < -0.4 is 4.90 Å². The summed E-state index contributed by atoms with van der Waals surface area (Å²) in [5, 5.41) is 0. The highest BCUT2D eigenvalue weighted by molar-refractivity contribution is 5.78. The minimum atomic E-state index is 0.693. The molecule has 0 saturated carbocycles. The molecule has 2 bridgehead atoms. The fourth-order valence-electron chi connectivity index (χ4n) is 3.53. The fraction of sp³-hybridized carbons (Fsp3) is 0.562. The zero-order valence-electron chi connectivity index (χ0n) is 11.8. The minimum Gasteiger partial charge on any atom is -0.370 e. The van der Waals surface area contributed by atoms with Gasteiger partial charge in [-0.25, -0.2) is 0 Å². The third-order valence-corrected chi connectivity index (χ3v) is 4.89. The molecule has 1 aromatic carbocycles. The van der Waals surface area contributed by atoms with Crippen LogP contribution in [0.1, 0.15) is 35.2 Å². The number of fused-ring (bicyclic) bond motifs is 2. The van der Waals surface area contributed by atoms with E-state index >= 15 is 0 Å². The van der Waals surface area contributed by atoms with Crippen LogP contribution in [0.3, 0.4) is 0 Å². The standard InChI is InChI=1S/C16H22N2O/c1-12-9-15(4-3-13(12)11-19)18-8-7-14-5-6-16(10-18)17(14)2/h3-4,9,11,14,16H,5-8,10H2,1-2H3. The van der Waals surface area contributed by atoms with Gasteiger partial charge < -0.3 is 4.90 Å². The zero-order chi connectivity index (χ0) is 13.4. The lowest BCUT2D eigenvalue weighted by Crippen LogP contribution is -2.36. The van der Waals surface area contributed by atoms with E-state index in [1.54, 1.807) is 0 Å². The molecule has 3 rings (SSSR count). The first kappa shape index (κ1) is 12.7. The number of likely N-dealkylation sites (N-methyl/N-ethyl adjacent to an activating group) is 1. The molecule has 3 nitrogen and oxygen atoms in total. The lowest BCUT2D eigenvalue weighted by molar-refractivity contribution is 0.112. The summed E-state index contributed by atoms with van der Waals surface area (Å²) >= 11 is 0. The van der Waals surface area contributed by atoms with Gasteiger partial charge in [0.2, 0.25) is 0 Å². The molecule has 2 aliphatic rings. The third-order valence-electron chi connectivity index (χ3n) is 4.89. The van der Waals surface area contributed by atoms with Gasteiger partial charge in [-0.15, -0.1) is 0 Å². The van der Waals surface area contributed by atoms with Crippen LogP contribution in [-0.2, 0) is 0 Å². The molecule has 0 N–H and O–H groups in total. The second-order valence-corrected chi connectivity index (χ2v) is 5.94. The lowest BCUT2D eigenvalue weighted by atomic mass is 10.1. The molecule has 2 unspecified atom stereocenters. The molecular formula is C16H22N2O. The van der Waals surface area contributed by atoms with E-state index in [2.05, 4.69) is 29.0 Å². The molecule has 3 heteroatoms. The highest BCUT2D eigenvalue weighted by atomic mass is 16.1. The molecular weight excluding hydrogens is 236 g/mol. The van der Waals surface area contributed by atoms with Gasteiger partial charge in [-0.05, 0) is 57.0 Å². The van der Waals surface area contributed by atoms with E-state index in [1.807, 2.05) is 13.0 Å². The Balaban J connectivity index is 1.82. The van der Waals surface area contributed by atoms with Crippen molar-refractivity contribution in [1.29, 1.82) is 0 Å². The number of benzene rings is 1. The van der Waals surface area contributed by atoms with Gasteiger partial charge in [-0.3, -0.25) is 9.69 Å². The van der Waals surface area contributed by atoms with Crippen LogP contribution >= 0.6 is 0 Å². The molecule has 2 saturated heterocycles. The number of nitrogens with zero attached hydrogens (tertiary/aromatic N) is 2. The van der Waals surface area contributed by atoms with Crippen LogP contribution in [0.15, 0.2) is 18.2 Å². The van der Waals surface area contributed by atoms with Gasteiger partial charge in [0, 0.05) is 36.4 Å². The topological polar surface area (TPSA) is 23.6 Å². The molecule has 2 aliphatic heterocycles. The molecule has 102 valence electrons. The number of hydrogen-bond donors (Lipinski definition) is 0. The van der Waals surface area contributed by atoms with Gasteiger partial charge in [0.25, 0.3) is 0 Å². The Morgan fingerprint density at radius 3 is 2.74 bits per heavy atom. The van der Waals surface area contributed by atoms with E-state index in [0.717, 1.165) is 36.5 Å². The summed E-state index contributed by atoms with van der Waals surface area (Å²) in [6, 6.07) is 7.66. The number of hydrogen-bond acceptors (Lipinski definition) is 3. The summed E-state index contributed by atoms with van der Waals surface area (Å²) in [6.45, 7) is 4.27. The summed E-state index contributed by atoms with van der Waals surface area (Å²) in [6.07, 6.45) is 4.87. The van der Waals surface area contributed by atoms with Gasteiger partial charge >= 0.3 is 0 Å². The van der Waals surface area contributed by atoms with E-state index in [1.165, 1.54) is 24.9 Å². The second kappa shape index (κ2) is 4.97. The summed E-state index contributed by atoms with van der Waals surface area (Å²) in [7, 11) is 2.27. The summed E-state index contributed by atoms with van der Waals surface area (Å²) < 4.78 is 0. The average Bonchev–Trinajstić information content (AvgIpc) is 2.63. The zero-order valence-corrected chi connectivity index (χ0v) is 11.8. The first-order valence-corrected chi connectivity index (χ1v) is 7.22. The van der Waals surface area contributed by atoms with Gasteiger partial charge in [0.15, 0.2) is 0 Å². The number of carbonyl (C=O) groups excluding carboxylic acids is 1. The third kappa shape index (κ3) is 2.27. The van der Waals surface area contributed by atoms with Crippen molar-refractivity contribution in [3.8, 4) is 0 Å². The number of carbonyl (C=O) groups is 1. The first-order valence-electron chi connectivity index (χ1n) is 7.22. The molecule has 0 amide bonds. The van der Waals surface area contributed by atoms with E-state index in [-0.39, 0.29) is 0 Å². The van der Waals surface area contributed by atoms with E-state index in [4.69, 9.17) is 0 Å². The molecule has 0 aromatic heterocycles. The predicted octanol–water partition coefficient (Wildman–Crippen LogP) is 2.48. The van der Waals surface area contributed by atoms with Gasteiger partial charge in [-0.1, -0.05) is 0 Å². The minimum absolute atomic E-state index is 0.693. The van der Waals surface area contributed by atoms with Crippen molar-refractivity contribution < 1.29 is 4.79 Å². The summed E-state index contributed by atoms with van der Waals surface area (Å²) in [5.41, 5.74) is 3.15. The van der Waals surface area contributed by atoms with E-state index in [0.29, 0.717) is 6.04 Å². The van der Waals surface area contributed by atoms with Crippen molar-refractivity contribution in [1.82, 2.24) is 4.90 Å². The maximum absolute atomic E-state index is 10.9. The number of aldehydes is 1. The highest BCUT2D eigenvalue weighted by Crippen LogP contribution is 2.31. The van der Waals surface area contributed by atoms with Gasteiger partial charge in [0.1, 0.15) is 6.29 Å². The molecule has 0 aliphatic carbocycles. The number of anilines is 1. The van der Waals surface area contributed by atoms with Crippen LogP contribution in [0.5, 0.6) is 0 Å². The van der Waals surface area contributed by atoms with Crippen LogP contribution in [0.4, 0.5) is 5.69 Å². The molecule has 2 fully saturated rings. The predicted molar refractivity (Wildman–Crippen MR) is 78.0 cm³/mol. The fourth-order valence-corrected chi connectivity index (χ4v) is 3.53. The van der Waals surface area contributed by atoms with Crippen molar-refractivity contribution in [2.24, 2.45) is 0 Å². The Kier molecular flexibility index (Phi) is 3.31. The first-order chi connectivity index (χ1) is 9.19. The van der Waals surface area contributed by atoms with Crippen LogP contribution in [0.2, 0.25) is 0 Å². The normalized spacial score (nSPS) is 27.4. The smallest absolute Gasteiger partial charge is 0.150 e. The lowest BCUT2D eigenvalue weighted by Gasteiger charge is -2.28. The Morgan fingerprint density at radius 2 is 2.00 bits per heavy atom. The molecule has 2 atom stereocenters. The monoisotopic (exact) mass is 258 g/mol. The second-order valence-electron chi connectivity index (χ2n) is 5.94. The van der Waals surface area contributed by atoms with Crippen molar-refractivity contribution in [2.45, 2.75) is 38.3 Å². The van der Waals surface area contributed by atoms with E-state index in [9.17, 15) is 4.79 Å². The van der Waals surface area contributed by atoms with Crippen molar-refractivity contribution in [3.63, 3.8) is 0 Å². The maximum atomic E-state index is 10.9. The molecule has 1 aromatic rings.